The lowest BCUT2D eigenvalue weighted by molar-refractivity contribution is 1.45. The molecule has 0 bridgehead atoms. The van der Waals surface area contributed by atoms with E-state index in [1.807, 2.05) is 49.5 Å². The molecule has 2 aromatic rings. The number of hydrogen-bond acceptors (Lipinski definition) is 3. The van der Waals surface area contributed by atoms with Crippen molar-refractivity contribution in [2.45, 2.75) is 0 Å². The van der Waals surface area contributed by atoms with Crippen molar-refractivity contribution in [1.82, 2.24) is 0 Å². The van der Waals surface area contributed by atoms with Gasteiger partial charge in [0.1, 0.15) is 6.07 Å². The fourth-order valence-electron chi connectivity index (χ4n) is 1.57. The Hall–Kier alpha value is -2.47. The van der Waals surface area contributed by atoms with Gasteiger partial charge in [-0.05, 0) is 36.4 Å². The largest absolute Gasteiger partial charge is 0.388 e. The second kappa shape index (κ2) is 5.04. The van der Waals surface area contributed by atoms with Crippen molar-refractivity contribution in [3.63, 3.8) is 0 Å². The van der Waals surface area contributed by atoms with Crippen molar-refractivity contribution in [3.05, 3.63) is 54.1 Å². The summed E-state index contributed by atoms with van der Waals surface area (Å²) in [5, 5.41) is 15.3. The van der Waals surface area contributed by atoms with Gasteiger partial charge in [-0.3, -0.25) is 0 Å². The summed E-state index contributed by atoms with van der Waals surface area (Å²) in [6.45, 7) is 0. The molecular formula is C14H13N3. The zero-order valence-corrected chi connectivity index (χ0v) is 9.57. The SMILES string of the molecule is CNc1ccc(Nc2ccccc2C#N)cc1. The van der Waals surface area contributed by atoms with E-state index in [-0.39, 0.29) is 0 Å². The van der Waals surface area contributed by atoms with Crippen molar-refractivity contribution < 1.29 is 0 Å². The number of nitrogens with zero attached hydrogens (tertiary/aromatic N) is 1. The molecule has 0 unspecified atom stereocenters. The van der Waals surface area contributed by atoms with Crippen LogP contribution in [0.25, 0.3) is 0 Å². The van der Waals surface area contributed by atoms with Gasteiger partial charge in [-0.25, -0.2) is 0 Å². The lowest BCUT2D eigenvalue weighted by Gasteiger charge is -2.08. The third-order valence-corrected chi connectivity index (χ3v) is 2.50. The van der Waals surface area contributed by atoms with Crippen LogP contribution in [0.2, 0.25) is 0 Å². The minimum Gasteiger partial charge on any atom is -0.388 e. The highest BCUT2D eigenvalue weighted by molar-refractivity contribution is 5.67. The average molecular weight is 223 g/mol. The van der Waals surface area contributed by atoms with E-state index in [1.54, 1.807) is 6.07 Å². The molecular weight excluding hydrogens is 210 g/mol. The van der Waals surface area contributed by atoms with Gasteiger partial charge in [0.05, 0.1) is 11.3 Å². The molecule has 0 fully saturated rings. The molecule has 0 amide bonds. The molecule has 0 aliphatic heterocycles. The van der Waals surface area contributed by atoms with Crippen LogP contribution in [-0.2, 0) is 0 Å². The van der Waals surface area contributed by atoms with Gasteiger partial charge < -0.3 is 10.6 Å². The van der Waals surface area contributed by atoms with Gasteiger partial charge in [0.2, 0.25) is 0 Å². The molecule has 0 aromatic heterocycles. The molecule has 0 saturated carbocycles. The van der Waals surface area contributed by atoms with E-state index in [4.69, 9.17) is 5.26 Å². The van der Waals surface area contributed by atoms with Gasteiger partial charge in [0.15, 0.2) is 0 Å². The van der Waals surface area contributed by atoms with Gasteiger partial charge in [-0.2, -0.15) is 5.26 Å². The summed E-state index contributed by atoms with van der Waals surface area (Å²) in [7, 11) is 1.88. The molecule has 0 atom stereocenters. The molecule has 0 heterocycles. The molecule has 0 aliphatic carbocycles. The number of rotatable bonds is 3. The maximum Gasteiger partial charge on any atom is 0.101 e. The van der Waals surface area contributed by atoms with E-state index in [2.05, 4.69) is 16.7 Å². The molecule has 17 heavy (non-hydrogen) atoms. The van der Waals surface area contributed by atoms with E-state index in [9.17, 15) is 0 Å². The molecule has 0 spiro atoms. The fourth-order valence-corrected chi connectivity index (χ4v) is 1.57. The Morgan fingerprint density at radius 3 is 2.24 bits per heavy atom. The molecule has 0 saturated heterocycles. The predicted octanol–water partition coefficient (Wildman–Crippen LogP) is 3.34. The molecule has 0 radical (unpaired) electrons. The number of nitriles is 1. The molecule has 3 heteroatoms. The topological polar surface area (TPSA) is 47.8 Å². The number of hydrogen-bond donors (Lipinski definition) is 2. The summed E-state index contributed by atoms with van der Waals surface area (Å²) in [4.78, 5) is 0. The first-order valence-corrected chi connectivity index (χ1v) is 5.37. The molecule has 84 valence electrons. The highest BCUT2D eigenvalue weighted by atomic mass is 14.9. The maximum atomic E-state index is 8.98. The highest BCUT2D eigenvalue weighted by Gasteiger charge is 2.00. The molecule has 2 rings (SSSR count). The van der Waals surface area contributed by atoms with E-state index in [0.29, 0.717) is 5.56 Å². The summed E-state index contributed by atoms with van der Waals surface area (Å²) in [6.07, 6.45) is 0. The van der Waals surface area contributed by atoms with Crippen LogP contribution in [0.15, 0.2) is 48.5 Å². The second-order valence-corrected chi connectivity index (χ2v) is 3.61. The standard InChI is InChI=1S/C14H13N3/c1-16-12-6-8-13(9-7-12)17-14-5-3-2-4-11(14)10-15/h2-9,16-17H,1H3. The van der Waals surface area contributed by atoms with Crippen molar-refractivity contribution in [2.75, 3.05) is 17.7 Å². The van der Waals surface area contributed by atoms with Crippen LogP contribution in [0, 0.1) is 11.3 Å². The predicted molar refractivity (Wildman–Crippen MR) is 70.4 cm³/mol. The molecule has 2 aromatic carbocycles. The van der Waals surface area contributed by atoms with Crippen molar-refractivity contribution in [2.24, 2.45) is 0 Å². The van der Waals surface area contributed by atoms with E-state index < -0.39 is 0 Å². The van der Waals surface area contributed by atoms with Gasteiger partial charge in [0.25, 0.3) is 0 Å². The van der Waals surface area contributed by atoms with Crippen LogP contribution < -0.4 is 10.6 Å². The summed E-state index contributed by atoms with van der Waals surface area (Å²) in [5.41, 5.74) is 3.49. The quantitative estimate of drug-likeness (QED) is 0.838. The van der Waals surface area contributed by atoms with Crippen LogP contribution in [0.1, 0.15) is 5.56 Å². The van der Waals surface area contributed by atoms with Gasteiger partial charge in [-0.15, -0.1) is 0 Å². The summed E-state index contributed by atoms with van der Waals surface area (Å²) in [6, 6.07) is 17.5. The van der Waals surface area contributed by atoms with E-state index in [0.717, 1.165) is 17.1 Å². The van der Waals surface area contributed by atoms with Crippen LogP contribution in [0.3, 0.4) is 0 Å². The third-order valence-electron chi connectivity index (χ3n) is 2.50. The lowest BCUT2D eigenvalue weighted by atomic mass is 10.2. The lowest BCUT2D eigenvalue weighted by Crippen LogP contribution is -1.94. The zero-order valence-electron chi connectivity index (χ0n) is 9.57. The van der Waals surface area contributed by atoms with Crippen LogP contribution in [0.5, 0.6) is 0 Å². The Morgan fingerprint density at radius 2 is 1.59 bits per heavy atom. The fraction of sp³-hybridized carbons (Fsp3) is 0.0714. The average Bonchev–Trinajstić information content (AvgIpc) is 2.40. The van der Waals surface area contributed by atoms with Gasteiger partial charge in [-0.1, -0.05) is 12.1 Å². The smallest absolute Gasteiger partial charge is 0.101 e. The number of para-hydroxylation sites is 1. The van der Waals surface area contributed by atoms with Crippen LogP contribution in [0.4, 0.5) is 17.1 Å². The summed E-state index contributed by atoms with van der Waals surface area (Å²) in [5.74, 6) is 0. The van der Waals surface area contributed by atoms with Crippen molar-refractivity contribution >= 4 is 17.1 Å². The summed E-state index contributed by atoms with van der Waals surface area (Å²) >= 11 is 0. The molecule has 2 N–H and O–H groups in total. The minimum atomic E-state index is 0.644. The Kier molecular flexibility index (Phi) is 3.27. The first-order valence-electron chi connectivity index (χ1n) is 5.37. The zero-order chi connectivity index (χ0) is 12.1. The third kappa shape index (κ3) is 2.56. The Labute approximate surface area is 101 Å². The Balaban J connectivity index is 2.23. The first kappa shape index (κ1) is 11.0. The highest BCUT2D eigenvalue weighted by Crippen LogP contribution is 2.21. The number of anilines is 3. The molecule has 0 aliphatic rings. The van der Waals surface area contributed by atoms with E-state index in [1.165, 1.54) is 0 Å². The van der Waals surface area contributed by atoms with Crippen LogP contribution in [-0.4, -0.2) is 7.05 Å². The minimum absolute atomic E-state index is 0.644. The maximum absolute atomic E-state index is 8.98. The van der Waals surface area contributed by atoms with Crippen LogP contribution >= 0.6 is 0 Å². The van der Waals surface area contributed by atoms with E-state index >= 15 is 0 Å². The number of benzene rings is 2. The second-order valence-electron chi connectivity index (χ2n) is 3.61. The Bertz CT molecular complexity index is 538. The van der Waals surface area contributed by atoms with Crippen molar-refractivity contribution in [1.29, 1.82) is 5.26 Å². The molecule has 3 nitrogen and oxygen atoms in total. The first-order chi connectivity index (χ1) is 8.33. The normalized spacial score (nSPS) is 9.41. The summed E-state index contributed by atoms with van der Waals surface area (Å²) < 4.78 is 0. The monoisotopic (exact) mass is 223 g/mol. The van der Waals surface area contributed by atoms with Crippen molar-refractivity contribution in [3.8, 4) is 6.07 Å². The number of nitrogens with one attached hydrogen (secondary N) is 2. The van der Waals surface area contributed by atoms with Gasteiger partial charge >= 0.3 is 0 Å². The van der Waals surface area contributed by atoms with Gasteiger partial charge in [0, 0.05) is 18.4 Å². The Morgan fingerprint density at radius 1 is 0.941 bits per heavy atom.